The van der Waals surface area contributed by atoms with Gasteiger partial charge in [0.1, 0.15) is 0 Å². The van der Waals surface area contributed by atoms with Gasteiger partial charge in [-0.25, -0.2) is 13.6 Å². The first-order chi connectivity index (χ1) is 6.93. The van der Waals surface area contributed by atoms with Crippen LogP contribution in [0.3, 0.4) is 0 Å². The summed E-state index contributed by atoms with van der Waals surface area (Å²) in [7, 11) is -3.73. The lowest BCUT2D eigenvalue weighted by Crippen LogP contribution is -2.15. The number of anilines is 1. The second-order valence-electron chi connectivity index (χ2n) is 2.75. The minimum Gasteiger partial charge on any atom is -0.325 e. The van der Waals surface area contributed by atoms with E-state index in [2.05, 4.69) is 21.2 Å². The summed E-state index contributed by atoms with van der Waals surface area (Å²) >= 11 is 2.98. The molecule has 0 saturated heterocycles. The number of nitrogens with two attached hydrogens (primary N) is 1. The third-order valence-electron chi connectivity index (χ3n) is 1.57. The largest absolute Gasteiger partial charge is 0.325 e. The first-order valence-electron chi connectivity index (χ1n) is 3.92. The Kier molecular flexibility index (Phi) is 3.83. The summed E-state index contributed by atoms with van der Waals surface area (Å²) in [4.78, 5) is 11.0. The fourth-order valence-corrected chi connectivity index (χ4v) is 1.64. The molecule has 0 spiro atoms. The van der Waals surface area contributed by atoms with Crippen molar-refractivity contribution in [3.63, 3.8) is 0 Å². The van der Waals surface area contributed by atoms with E-state index in [-0.39, 0.29) is 16.1 Å². The minimum absolute atomic E-state index is 0.0325. The van der Waals surface area contributed by atoms with Crippen molar-refractivity contribution in [3.05, 3.63) is 24.3 Å². The molecule has 0 saturated carbocycles. The normalized spacial score (nSPS) is 11.1. The topological polar surface area (TPSA) is 89.3 Å². The molecule has 5 nitrogen and oxygen atoms in total. The number of benzene rings is 1. The van der Waals surface area contributed by atoms with Crippen molar-refractivity contribution in [2.24, 2.45) is 5.14 Å². The van der Waals surface area contributed by atoms with Gasteiger partial charge < -0.3 is 5.32 Å². The van der Waals surface area contributed by atoms with Crippen LogP contribution in [0.15, 0.2) is 29.2 Å². The Balaban J connectivity index is 2.99. The van der Waals surface area contributed by atoms with E-state index < -0.39 is 10.0 Å². The zero-order chi connectivity index (χ0) is 11.5. The van der Waals surface area contributed by atoms with Crippen LogP contribution in [0.4, 0.5) is 5.69 Å². The van der Waals surface area contributed by atoms with Crippen LogP contribution in [-0.2, 0) is 14.8 Å². The highest BCUT2D eigenvalue weighted by Gasteiger charge is 2.08. The number of amides is 1. The van der Waals surface area contributed by atoms with Gasteiger partial charge in [-0.15, -0.1) is 0 Å². The van der Waals surface area contributed by atoms with E-state index >= 15 is 0 Å². The van der Waals surface area contributed by atoms with E-state index in [1.165, 1.54) is 18.2 Å². The first kappa shape index (κ1) is 12.2. The predicted molar refractivity (Wildman–Crippen MR) is 60.2 cm³/mol. The molecule has 7 heteroatoms. The van der Waals surface area contributed by atoms with Crippen LogP contribution >= 0.6 is 15.9 Å². The molecule has 0 unspecified atom stereocenters. The average molecular weight is 293 g/mol. The third-order valence-corrected chi connectivity index (χ3v) is 2.99. The SMILES string of the molecule is NS(=O)(=O)c1cccc(NC(=O)CBr)c1. The number of sulfonamides is 1. The van der Waals surface area contributed by atoms with Gasteiger partial charge in [-0.2, -0.15) is 0 Å². The molecule has 0 aliphatic carbocycles. The molecule has 0 aromatic heterocycles. The van der Waals surface area contributed by atoms with Gasteiger partial charge in [0.05, 0.1) is 10.2 Å². The Morgan fingerprint density at radius 2 is 2.13 bits per heavy atom. The zero-order valence-corrected chi connectivity index (χ0v) is 10.0. The maximum absolute atomic E-state index is 11.0. The molecule has 0 aliphatic rings. The monoisotopic (exact) mass is 292 g/mol. The van der Waals surface area contributed by atoms with Crippen molar-refractivity contribution in [2.45, 2.75) is 4.90 Å². The minimum atomic E-state index is -3.73. The Morgan fingerprint density at radius 1 is 1.47 bits per heavy atom. The summed E-state index contributed by atoms with van der Waals surface area (Å²) in [5.74, 6) is -0.262. The summed E-state index contributed by atoms with van der Waals surface area (Å²) in [5.41, 5.74) is 0.394. The number of primary sulfonamides is 1. The number of hydrogen-bond acceptors (Lipinski definition) is 3. The summed E-state index contributed by atoms with van der Waals surface area (Å²) in [6.45, 7) is 0. The van der Waals surface area contributed by atoms with E-state index in [0.717, 1.165) is 0 Å². The van der Waals surface area contributed by atoms with Crippen LogP contribution in [0.25, 0.3) is 0 Å². The summed E-state index contributed by atoms with van der Waals surface area (Å²) in [6, 6.07) is 5.74. The van der Waals surface area contributed by atoms with E-state index in [4.69, 9.17) is 5.14 Å². The molecular formula is C8H9BrN2O3S. The highest BCUT2D eigenvalue weighted by molar-refractivity contribution is 9.09. The highest BCUT2D eigenvalue weighted by atomic mass is 79.9. The van der Waals surface area contributed by atoms with E-state index in [1.54, 1.807) is 6.07 Å². The van der Waals surface area contributed by atoms with Gasteiger partial charge in [0.2, 0.25) is 15.9 Å². The number of halogens is 1. The number of carbonyl (C=O) groups is 1. The van der Waals surface area contributed by atoms with Gasteiger partial charge in [-0.05, 0) is 18.2 Å². The number of carbonyl (C=O) groups excluding carboxylic acids is 1. The number of rotatable bonds is 3. The van der Waals surface area contributed by atoms with Crippen molar-refractivity contribution >= 4 is 37.5 Å². The molecule has 1 amide bonds. The second kappa shape index (κ2) is 4.73. The molecule has 0 radical (unpaired) electrons. The van der Waals surface area contributed by atoms with Crippen molar-refractivity contribution in [3.8, 4) is 0 Å². The second-order valence-corrected chi connectivity index (χ2v) is 4.88. The average Bonchev–Trinajstić information content (AvgIpc) is 2.17. The zero-order valence-electron chi connectivity index (χ0n) is 7.60. The van der Waals surface area contributed by atoms with Crippen molar-refractivity contribution in [1.29, 1.82) is 0 Å². The predicted octanol–water partition coefficient (Wildman–Crippen LogP) is 0.667. The Morgan fingerprint density at radius 3 is 2.67 bits per heavy atom. The fraction of sp³-hybridized carbons (Fsp3) is 0.125. The molecule has 0 heterocycles. The molecule has 3 N–H and O–H groups in total. The first-order valence-corrected chi connectivity index (χ1v) is 6.59. The van der Waals surface area contributed by atoms with Crippen LogP contribution in [0.2, 0.25) is 0 Å². The van der Waals surface area contributed by atoms with Gasteiger partial charge >= 0.3 is 0 Å². The Hall–Kier alpha value is -0.920. The maximum Gasteiger partial charge on any atom is 0.238 e. The quantitative estimate of drug-likeness (QED) is 0.803. The number of alkyl halides is 1. The van der Waals surface area contributed by atoms with E-state index in [1.807, 2.05) is 0 Å². The van der Waals surface area contributed by atoms with Crippen LogP contribution in [0, 0.1) is 0 Å². The van der Waals surface area contributed by atoms with Gasteiger partial charge in [0.15, 0.2) is 0 Å². The van der Waals surface area contributed by atoms with Gasteiger partial charge in [-0.3, -0.25) is 4.79 Å². The molecule has 1 rings (SSSR count). The smallest absolute Gasteiger partial charge is 0.238 e. The Labute approximate surface area is 95.8 Å². The molecule has 1 aromatic rings. The molecule has 1 aromatic carbocycles. The molecule has 0 bridgehead atoms. The summed E-state index contributed by atoms with van der Waals surface area (Å²) < 4.78 is 22.0. The lowest BCUT2D eigenvalue weighted by atomic mass is 10.3. The molecule has 15 heavy (non-hydrogen) atoms. The van der Waals surface area contributed by atoms with Crippen molar-refractivity contribution < 1.29 is 13.2 Å². The number of nitrogens with one attached hydrogen (secondary N) is 1. The van der Waals surface area contributed by atoms with Gasteiger partial charge in [0, 0.05) is 5.69 Å². The fourth-order valence-electron chi connectivity index (χ4n) is 0.945. The van der Waals surface area contributed by atoms with Crippen LogP contribution in [0.1, 0.15) is 0 Å². The summed E-state index contributed by atoms with van der Waals surface area (Å²) in [6.07, 6.45) is 0. The van der Waals surface area contributed by atoms with Crippen LogP contribution in [-0.4, -0.2) is 19.7 Å². The molecular weight excluding hydrogens is 284 g/mol. The lowest BCUT2D eigenvalue weighted by Gasteiger charge is -2.04. The Bertz CT molecular complexity index is 473. The van der Waals surface area contributed by atoms with Crippen LogP contribution in [0.5, 0.6) is 0 Å². The van der Waals surface area contributed by atoms with E-state index in [9.17, 15) is 13.2 Å². The van der Waals surface area contributed by atoms with Crippen molar-refractivity contribution in [1.82, 2.24) is 0 Å². The molecule has 82 valence electrons. The lowest BCUT2D eigenvalue weighted by molar-refractivity contribution is -0.113. The maximum atomic E-state index is 11.0. The van der Waals surface area contributed by atoms with Gasteiger partial charge in [0.25, 0.3) is 0 Å². The van der Waals surface area contributed by atoms with Crippen LogP contribution < -0.4 is 10.5 Å². The van der Waals surface area contributed by atoms with Gasteiger partial charge in [-0.1, -0.05) is 22.0 Å². The molecule has 0 fully saturated rings. The molecule has 0 aliphatic heterocycles. The number of hydrogen-bond donors (Lipinski definition) is 2. The standard InChI is InChI=1S/C8H9BrN2O3S/c9-5-8(12)11-6-2-1-3-7(4-6)15(10,13)14/h1-4H,5H2,(H,11,12)(H2,10,13,14). The van der Waals surface area contributed by atoms with E-state index in [0.29, 0.717) is 5.69 Å². The third kappa shape index (κ3) is 3.61. The van der Waals surface area contributed by atoms with Crippen molar-refractivity contribution in [2.75, 3.05) is 10.6 Å². The molecule has 0 atom stereocenters. The summed E-state index contributed by atoms with van der Waals surface area (Å²) in [5, 5.41) is 7.58. The highest BCUT2D eigenvalue weighted by Crippen LogP contribution is 2.13.